The first-order valence-electron chi connectivity index (χ1n) is 7.28. The third kappa shape index (κ3) is 1.35. The molecule has 4 fully saturated rings. The van der Waals surface area contributed by atoms with E-state index < -0.39 is 0 Å². The molecule has 3 saturated carbocycles. The Balaban J connectivity index is 1.48. The first-order chi connectivity index (χ1) is 8.27. The van der Waals surface area contributed by atoms with Crippen LogP contribution in [0.4, 0.5) is 0 Å². The van der Waals surface area contributed by atoms with Crippen LogP contribution >= 0.6 is 0 Å². The summed E-state index contributed by atoms with van der Waals surface area (Å²) in [5.41, 5.74) is 0. The van der Waals surface area contributed by atoms with Crippen molar-refractivity contribution < 1.29 is 4.79 Å². The summed E-state index contributed by atoms with van der Waals surface area (Å²) in [4.78, 5) is 14.8. The number of carbonyl (C=O) groups is 1. The molecule has 0 aromatic heterocycles. The van der Waals surface area contributed by atoms with Crippen LogP contribution in [0.15, 0.2) is 0 Å². The highest BCUT2D eigenvalue weighted by Gasteiger charge is 2.68. The van der Waals surface area contributed by atoms with Crippen molar-refractivity contribution in [3.05, 3.63) is 0 Å². The van der Waals surface area contributed by atoms with Crippen molar-refractivity contribution in [2.24, 2.45) is 29.6 Å². The van der Waals surface area contributed by atoms with Gasteiger partial charge in [-0.15, -0.1) is 0 Å². The van der Waals surface area contributed by atoms with Crippen molar-refractivity contribution in [1.29, 1.82) is 0 Å². The molecule has 1 N–H and O–H groups in total. The average molecular weight is 234 g/mol. The van der Waals surface area contributed by atoms with Crippen molar-refractivity contribution in [2.75, 3.05) is 19.6 Å². The van der Waals surface area contributed by atoms with E-state index in [4.69, 9.17) is 0 Å². The average Bonchev–Trinajstić information content (AvgIpc) is 2.77. The second kappa shape index (κ2) is 3.47. The van der Waals surface area contributed by atoms with Crippen molar-refractivity contribution in [2.45, 2.75) is 32.2 Å². The van der Waals surface area contributed by atoms with E-state index in [1.807, 2.05) is 0 Å². The van der Waals surface area contributed by atoms with Crippen LogP contribution in [0.5, 0.6) is 0 Å². The van der Waals surface area contributed by atoms with Gasteiger partial charge in [0, 0.05) is 31.6 Å². The molecule has 1 saturated heterocycles. The molecular weight excluding hydrogens is 212 g/mol. The molecule has 0 spiro atoms. The summed E-state index contributed by atoms with van der Waals surface area (Å²) >= 11 is 0. The first kappa shape index (κ1) is 10.4. The highest BCUT2D eigenvalue weighted by molar-refractivity contribution is 5.83. The largest absolute Gasteiger partial charge is 0.337 e. The molecule has 1 heterocycles. The maximum atomic E-state index is 12.6. The molecule has 1 amide bonds. The number of piperazine rings is 1. The molecule has 4 aliphatic rings. The summed E-state index contributed by atoms with van der Waals surface area (Å²) in [6, 6.07) is 0.398. The van der Waals surface area contributed by atoms with Gasteiger partial charge >= 0.3 is 0 Å². The molecule has 1 aliphatic heterocycles. The van der Waals surface area contributed by atoms with Crippen LogP contribution in [-0.2, 0) is 4.79 Å². The molecule has 4 rings (SSSR count). The maximum absolute atomic E-state index is 12.6. The Labute approximate surface area is 103 Å². The van der Waals surface area contributed by atoms with E-state index in [2.05, 4.69) is 17.1 Å². The Bertz CT molecular complexity index is 340. The van der Waals surface area contributed by atoms with Crippen molar-refractivity contribution >= 4 is 5.91 Å². The van der Waals surface area contributed by atoms with Gasteiger partial charge in [-0.05, 0) is 49.9 Å². The highest BCUT2D eigenvalue weighted by atomic mass is 16.2. The van der Waals surface area contributed by atoms with Crippen LogP contribution in [0.1, 0.15) is 26.2 Å². The van der Waals surface area contributed by atoms with Crippen LogP contribution in [0.3, 0.4) is 0 Å². The van der Waals surface area contributed by atoms with Gasteiger partial charge in [-0.2, -0.15) is 0 Å². The number of amides is 1. The van der Waals surface area contributed by atoms with Gasteiger partial charge in [-0.3, -0.25) is 4.79 Å². The minimum Gasteiger partial charge on any atom is -0.337 e. The van der Waals surface area contributed by atoms with Gasteiger partial charge in [0.15, 0.2) is 0 Å². The quantitative estimate of drug-likeness (QED) is 0.737. The van der Waals surface area contributed by atoms with Gasteiger partial charge in [0.1, 0.15) is 0 Å². The van der Waals surface area contributed by atoms with Gasteiger partial charge in [0.2, 0.25) is 5.91 Å². The van der Waals surface area contributed by atoms with Crippen molar-refractivity contribution in [1.82, 2.24) is 10.2 Å². The number of nitrogens with one attached hydrogen (secondary N) is 1. The van der Waals surface area contributed by atoms with Crippen LogP contribution in [0.2, 0.25) is 0 Å². The number of nitrogens with zero attached hydrogens (tertiary/aromatic N) is 1. The Hall–Kier alpha value is -0.570. The lowest BCUT2D eigenvalue weighted by Gasteiger charge is -2.34. The second-order valence-corrected chi connectivity index (χ2v) is 6.60. The zero-order chi connectivity index (χ0) is 11.6. The minimum atomic E-state index is 0.398. The van der Waals surface area contributed by atoms with E-state index in [1.165, 1.54) is 19.3 Å². The summed E-state index contributed by atoms with van der Waals surface area (Å²) < 4.78 is 0. The molecule has 5 atom stereocenters. The third-order valence-corrected chi connectivity index (χ3v) is 5.80. The summed E-state index contributed by atoms with van der Waals surface area (Å²) in [6.45, 7) is 5.05. The molecule has 4 unspecified atom stereocenters. The molecule has 0 aromatic rings. The van der Waals surface area contributed by atoms with E-state index >= 15 is 0 Å². The maximum Gasteiger partial charge on any atom is 0.226 e. The Morgan fingerprint density at radius 3 is 2.59 bits per heavy atom. The first-order valence-corrected chi connectivity index (χ1v) is 7.28. The van der Waals surface area contributed by atoms with Gasteiger partial charge < -0.3 is 10.2 Å². The monoisotopic (exact) mass is 234 g/mol. The Morgan fingerprint density at radius 2 is 1.94 bits per heavy atom. The molecule has 2 bridgehead atoms. The smallest absolute Gasteiger partial charge is 0.226 e. The molecule has 3 heteroatoms. The number of fused-ring (bicyclic) bond motifs is 5. The standard InChI is InChI=1S/C14H22N2O/c1-8-7-15-4-5-16(8)14(17)13-11-9-2-3-10(6-9)12(11)13/h8-13,15H,2-7H2,1H3/t8-,9?,10?,11?,12?,13?/m1/s1. The summed E-state index contributed by atoms with van der Waals surface area (Å²) in [5.74, 6) is 4.34. The normalized spacial score (nSPS) is 51.5. The van der Waals surface area contributed by atoms with Crippen LogP contribution in [0, 0.1) is 29.6 Å². The molecule has 3 nitrogen and oxygen atoms in total. The lowest BCUT2D eigenvalue weighted by atomic mass is 10.0. The van der Waals surface area contributed by atoms with Gasteiger partial charge in [-0.25, -0.2) is 0 Å². The van der Waals surface area contributed by atoms with Gasteiger partial charge in [-0.1, -0.05) is 0 Å². The fraction of sp³-hybridized carbons (Fsp3) is 0.929. The van der Waals surface area contributed by atoms with E-state index in [-0.39, 0.29) is 0 Å². The molecule has 17 heavy (non-hydrogen) atoms. The van der Waals surface area contributed by atoms with Gasteiger partial charge in [0.25, 0.3) is 0 Å². The summed E-state index contributed by atoms with van der Waals surface area (Å²) in [5, 5.41) is 3.37. The Kier molecular flexibility index (Phi) is 2.11. The molecule has 0 radical (unpaired) electrons. The predicted octanol–water partition coefficient (Wildman–Crippen LogP) is 1.10. The fourth-order valence-electron chi connectivity index (χ4n) is 5.02. The molecule has 0 aromatic carbocycles. The highest BCUT2D eigenvalue weighted by Crippen LogP contribution is 2.69. The van der Waals surface area contributed by atoms with E-state index in [9.17, 15) is 4.79 Å². The van der Waals surface area contributed by atoms with Crippen LogP contribution < -0.4 is 5.32 Å². The number of rotatable bonds is 1. The minimum absolute atomic E-state index is 0.398. The summed E-state index contributed by atoms with van der Waals surface area (Å²) in [7, 11) is 0. The number of carbonyl (C=O) groups excluding carboxylic acids is 1. The van der Waals surface area contributed by atoms with E-state index in [0.29, 0.717) is 17.9 Å². The fourth-order valence-corrected chi connectivity index (χ4v) is 5.02. The van der Waals surface area contributed by atoms with Gasteiger partial charge in [0.05, 0.1) is 0 Å². The lowest BCUT2D eigenvalue weighted by molar-refractivity contribution is -0.136. The second-order valence-electron chi connectivity index (χ2n) is 6.60. The van der Waals surface area contributed by atoms with Crippen LogP contribution in [-0.4, -0.2) is 36.5 Å². The molecular formula is C14H22N2O. The predicted molar refractivity (Wildman–Crippen MR) is 65.3 cm³/mol. The van der Waals surface area contributed by atoms with Crippen molar-refractivity contribution in [3.8, 4) is 0 Å². The third-order valence-electron chi connectivity index (χ3n) is 5.80. The van der Waals surface area contributed by atoms with Crippen molar-refractivity contribution in [3.63, 3.8) is 0 Å². The van der Waals surface area contributed by atoms with Crippen LogP contribution in [0.25, 0.3) is 0 Å². The number of hydrogen-bond donors (Lipinski definition) is 1. The Morgan fingerprint density at radius 1 is 1.24 bits per heavy atom. The SMILES string of the molecule is C[C@@H]1CNCCN1C(=O)C1C2C3CCC(C3)C12. The lowest BCUT2D eigenvalue weighted by Crippen LogP contribution is -2.53. The topological polar surface area (TPSA) is 32.3 Å². The zero-order valence-electron chi connectivity index (χ0n) is 10.6. The van der Waals surface area contributed by atoms with E-state index in [0.717, 1.165) is 43.3 Å². The number of hydrogen-bond acceptors (Lipinski definition) is 2. The molecule has 3 aliphatic carbocycles. The van der Waals surface area contributed by atoms with E-state index in [1.54, 1.807) is 0 Å². The molecule has 94 valence electrons. The zero-order valence-corrected chi connectivity index (χ0v) is 10.6. The summed E-state index contributed by atoms with van der Waals surface area (Å²) in [6.07, 6.45) is 4.26.